The molecule has 0 bridgehead atoms. The third-order valence-electron chi connectivity index (χ3n) is 6.01. The predicted molar refractivity (Wildman–Crippen MR) is 118 cm³/mol. The first kappa shape index (κ1) is 22.1. The number of aliphatic imine (C=N–C) groups is 1. The van der Waals surface area contributed by atoms with Gasteiger partial charge in [0.2, 0.25) is 10.0 Å². The predicted octanol–water partition coefficient (Wildman–Crippen LogP) is 1.63. The molecule has 2 aliphatic rings. The fourth-order valence-corrected chi connectivity index (χ4v) is 5.35. The molecule has 1 unspecified atom stereocenters. The van der Waals surface area contributed by atoms with Crippen LogP contribution in [0.3, 0.4) is 0 Å². The van der Waals surface area contributed by atoms with E-state index in [4.69, 9.17) is 0 Å². The van der Waals surface area contributed by atoms with Crippen LogP contribution in [0.4, 0.5) is 0 Å². The van der Waals surface area contributed by atoms with Crippen LogP contribution in [0.2, 0.25) is 0 Å². The first-order valence-electron chi connectivity index (χ1n) is 10.7. The van der Waals surface area contributed by atoms with Crippen molar-refractivity contribution in [2.24, 2.45) is 4.99 Å². The molecule has 2 N–H and O–H groups in total. The second-order valence-electron chi connectivity index (χ2n) is 7.92. The van der Waals surface area contributed by atoms with Gasteiger partial charge in [0.25, 0.3) is 0 Å². The summed E-state index contributed by atoms with van der Waals surface area (Å²) in [7, 11) is -1.28. The highest BCUT2D eigenvalue weighted by molar-refractivity contribution is 7.89. The zero-order valence-corrected chi connectivity index (χ0v) is 18.5. The Bertz CT molecular complexity index is 761. The lowest BCUT2D eigenvalue weighted by Gasteiger charge is -2.32. The molecule has 3 rings (SSSR count). The molecule has 0 amide bonds. The SMILES string of the molecule is CCS(=O)(=O)N1CCC(NC(=NC)NCC2CCCN2Cc2ccccc2)CC1. The minimum Gasteiger partial charge on any atom is -0.355 e. The maximum absolute atomic E-state index is 12.0. The van der Waals surface area contributed by atoms with Crippen LogP contribution in [-0.2, 0) is 16.6 Å². The van der Waals surface area contributed by atoms with E-state index in [1.54, 1.807) is 18.3 Å². The van der Waals surface area contributed by atoms with Gasteiger partial charge in [-0.05, 0) is 44.7 Å². The summed E-state index contributed by atoms with van der Waals surface area (Å²) < 4.78 is 25.6. The van der Waals surface area contributed by atoms with Crippen molar-refractivity contribution in [1.29, 1.82) is 0 Å². The van der Waals surface area contributed by atoms with Gasteiger partial charge < -0.3 is 10.6 Å². The molecule has 1 atom stereocenters. The van der Waals surface area contributed by atoms with Crippen molar-refractivity contribution >= 4 is 16.0 Å². The number of likely N-dealkylation sites (tertiary alicyclic amines) is 1. The zero-order valence-electron chi connectivity index (χ0n) is 17.7. The van der Waals surface area contributed by atoms with Crippen molar-refractivity contribution in [1.82, 2.24) is 19.8 Å². The number of nitrogens with zero attached hydrogens (tertiary/aromatic N) is 3. The summed E-state index contributed by atoms with van der Waals surface area (Å²) in [6.45, 7) is 5.86. The Morgan fingerprint density at radius 3 is 2.52 bits per heavy atom. The molecule has 1 aromatic rings. The quantitative estimate of drug-likeness (QED) is 0.517. The van der Waals surface area contributed by atoms with Crippen LogP contribution >= 0.6 is 0 Å². The fourth-order valence-electron chi connectivity index (χ4n) is 4.22. The highest BCUT2D eigenvalue weighted by Gasteiger charge is 2.28. The molecule has 0 saturated carbocycles. The van der Waals surface area contributed by atoms with Crippen LogP contribution in [0.1, 0.15) is 38.2 Å². The summed E-state index contributed by atoms with van der Waals surface area (Å²) in [6.07, 6.45) is 4.05. The zero-order chi connectivity index (χ0) is 20.7. The van der Waals surface area contributed by atoms with Gasteiger partial charge in [0.15, 0.2) is 5.96 Å². The van der Waals surface area contributed by atoms with Crippen LogP contribution in [0.15, 0.2) is 35.3 Å². The third kappa shape index (κ3) is 6.17. The van der Waals surface area contributed by atoms with Crippen LogP contribution in [0.5, 0.6) is 0 Å². The van der Waals surface area contributed by atoms with E-state index in [2.05, 4.69) is 50.9 Å². The van der Waals surface area contributed by atoms with Crippen molar-refractivity contribution in [3.05, 3.63) is 35.9 Å². The number of piperidine rings is 1. The molecule has 1 aromatic carbocycles. The van der Waals surface area contributed by atoms with Crippen molar-refractivity contribution in [3.8, 4) is 0 Å². The average molecular weight is 422 g/mol. The van der Waals surface area contributed by atoms with E-state index in [-0.39, 0.29) is 11.8 Å². The number of nitrogens with one attached hydrogen (secondary N) is 2. The van der Waals surface area contributed by atoms with Crippen molar-refractivity contribution in [2.75, 3.05) is 39.0 Å². The van der Waals surface area contributed by atoms with E-state index in [1.165, 1.54) is 18.4 Å². The molecule has 0 spiro atoms. The smallest absolute Gasteiger partial charge is 0.213 e. The molecule has 0 aromatic heterocycles. The van der Waals surface area contributed by atoms with E-state index < -0.39 is 10.0 Å². The molecule has 8 heteroatoms. The number of benzene rings is 1. The second kappa shape index (κ2) is 10.4. The maximum Gasteiger partial charge on any atom is 0.213 e. The summed E-state index contributed by atoms with van der Waals surface area (Å²) in [4.78, 5) is 6.93. The highest BCUT2D eigenvalue weighted by atomic mass is 32.2. The summed E-state index contributed by atoms with van der Waals surface area (Å²) in [5, 5.41) is 6.98. The van der Waals surface area contributed by atoms with E-state index in [1.807, 2.05) is 0 Å². The standard InChI is InChI=1S/C21H35N5O2S/c1-3-29(27,28)26-14-11-19(12-15-26)24-21(22-2)23-16-20-10-7-13-25(20)17-18-8-5-4-6-9-18/h4-6,8-9,19-20H,3,7,10-17H2,1-2H3,(H2,22,23,24). The van der Waals surface area contributed by atoms with Gasteiger partial charge in [-0.2, -0.15) is 0 Å². The number of guanidine groups is 1. The molecule has 2 fully saturated rings. The number of hydrogen-bond donors (Lipinski definition) is 2. The molecule has 0 radical (unpaired) electrons. The monoisotopic (exact) mass is 421 g/mol. The molecular formula is C21H35N5O2S. The summed E-state index contributed by atoms with van der Waals surface area (Å²) in [5.41, 5.74) is 1.36. The minimum atomic E-state index is -3.08. The maximum atomic E-state index is 12.0. The van der Waals surface area contributed by atoms with Gasteiger partial charge >= 0.3 is 0 Å². The Kier molecular flexibility index (Phi) is 7.91. The van der Waals surface area contributed by atoms with E-state index in [9.17, 15) is 8.42 Å². The lowest BCUT2D eigenvalue weighted by Crippen LogP contribution is -2.51. The number of rotatable bonds is 7. The van der Waals surface area contributed by atoms with Gasteiger partial charge in [-0.15, -0.1) is 0 Å². The van der Waals surface area contributed by atoms with Crippen LogP contribution in [-0.4, -0.2) is 74.6 Å². The molecule has 2 heterocycles. The summed E-state index contributed by atoms with van der Waals surface area (Å²) >= 11 is 0. The molecule has 2 aliphatic heterocycles. The molecule has 29 heavy (non-hydrogen) atoms. The van der Waals surface area contributed by atoms with Gasteiger partial charge in [-0.1, -0.05) is 30.3 Å². The Morgan fingerprint density at radius 2 is 1.86 bits per heavy atom. The van der Waals surface area contributed by atoms with Gasteiger partial charge in [0.05, 0.1) is 5.75 Å². The third-order valence-corrected chi connectivity index (χ3v) is 7.89. The molecule has 162 valence electrons. The van der Waals surface area contributed by atoms with Crippen LogP contribution in [0, 0.1) is 0 Å². The van der Waals surface area contributed by atoms with E-state index in [0.29, 0.717) is 19.1 Å². The van der Waals surface area contributed by atoms with Gasteiger partial charge in [-0.3, -0.25) is 9.89 Å². The number of hydrogen-bond acceptors (Lipinski definition) is 4. The summed E-state index contributed by atoms with van der Waals surface area (Å²) in [5.74, 6) is 0.989. The summed E-state index contributed by atoms with van der Waals surface area (Å²) in [6, 6.07) is 11.4. The highest BCUT2D eigenvalue weighted by Crippen LogP contribution is 2.19. The van der Waals surface area contributed by atoms with Crippen molar-refractivity contribution in [3.63, 3.8) is 0 Å². The Balaban J connectivity index is 1.45. The molecule has 0 aliphatic carbocycles. The molecular weight excluding hydrogens is 386 g/mol. The first-order valence-corrected chi connectivity index (χ1v) is 12.4. The molecule has 2 saturated heterocycles. The van der Waals surface area contributed by atoms with Gasteiger partial charge in [-0.25, -0.2) is 12.7 Å². The minimum absolute atomic E-state index is 0.176. The number of sulfonamides is 1. The first-order chi connectivity index (χ1) is 14.0. The lowest BCUT2D eigenvalue weighted by molar-refractivity contribution is 0.244. The Morgan fingerprint density at radius 1 is 1.14 bits per heavy atom. The van der Waals surface area contributed by atoms with Gasteiger partial charge in [0, 0.05) is 45.3 Å². The molecule has 7 nitrogen and oxygen atoms in total. The second-order valence-corrected chi connectivity index (χ2v) is 10.2. The average Bonchev–Trinajstić information content (AvgIpc) is 3.19. The van der Waals surface area contributed by atoms with E-state index in [0.717, 1.165) is 38.4 Å². The van der Waals surface area contributed by atoms with Crippen molar-refractivity contribution in [2.45, 2.75) is 51.2 Å². The lowest BCUT2D eigenvalue weighted by atomic mass is 10.1. The van der Waals surface area contributed by atoms with Crippen LogP contribution < -0.4 is 10.6 Å². The topological polar surface area (TPSA) is 77.0 Å². The Labute approximate surface area is 175 Å². The van der Waals surface area contributed by atoms with Crippen LogP contribution in [0.25, 0.3) is 0 Å². The van der Waals surface area contributed by atoms with Crippen molar-refractivity contribution < 1.29 is 8.42 Å². The Hall–Kier alpha value is -1.64. The normalized spacial score (nSPS) is 22.7. The van der Waals surface area contributed by atoms with Gasteiger partial charge in [0.1, 0.15) is 0 Å². The largest absolute Gasteiger partial charge is 0.355 e. The van der Waals surface area contributed by atoms with E-state index >= 15 is 0 Å². The fraction of sp³-hybridized carbons (Fsp3) is 0.667.